The van der Waals surface area contributed by atoms with E-state index in [1.165, 1.54) is 12.1 Å². The van der Waals surface area contributed by atoms with E-state index in [1.54, 1.807) is 26.8 Å². The topological polar surface area (TPSA) is 120 Å². The number of aliphatic carboxylic acids is 1. The number of nitrogens with one attached hydrogen (secondary N) is 1. The monoisotopic (exact) mass is 297 g/mol. The van der Waals surface area contributed by atoms with Crippen LogP contribution >= 0.6 is 0 Å². The van der Waals surface area contributed by atoms with Crippen molar-refractivity contribution >= 4 is 16.0 Å². The van der Waals surface area contributed by atoms with Crippen LogP contribution in [-0.2, 0) is 14.8 Å². The van der Waals surface area contributed by atoms with Crippen LogP contribution in [0.25, 0.3) is 0 Å². The molecule has 0 fully saturated rings. The highest BCUT2D eigenvalue weighted by molar-refractivity contribution is 7.89. The Labute approximate surface area is 117 Å². The van der Waals surface area contributed by atoms with Crippen molar-refractivity contribution in [2.45, 2.75) is 31.7 Å². The third-order valence-corrected chi connectivity index (χ3v) is 3.96. The van der Waals surface area contributed by atoms with E-state index in [0.29, 0.717) is 0 Å². The fourth-order valence-electron chi connectivity index (χ4n) is 1.43. The summed E-state index contributed by atoms with van der Waals surface area (Å²) in [6, 6.07) is 2.95. The highest BCUT2D eigenvalue weighted by Gasteiger charge is 2.35. The lowest BCUT2D eigenvalue weighted by molar-refractivity contribution is -0.141. The van der Waals surface area contributed by atoms with E-state index in [9.17, 15) is 13.2 Å². The quantitative estimate of drug-likeness (QED) is 0.845. The molecule has 0 radical (unpaired) electrons. The first kappa shape index (κ1) is 16.1. The highest BCUT2D eigenvalue weighted by Crippen LogP contribution is 2.21. The van der Waals surface area contributed by atoms with Crippen LogP contribution in [0.4, 0.5) is 0 Å². The molecule has 1 aromatic rings. The molecule has 0 aromatic carbocycles. The molecule has 108 valence electrons. The summed E-state index contributed by atoms with van der Waals surface area (Å²) in [4.78, 5) is 14.6. The molecule has 0 saturated carbocycles. The second-order valence-corrected chi connectivity index (χ2v) is 6.96. The van der Waals surface area contributed by atoms with E-state index in [4.69, 9.17) is 10.4 Å². The molecule has 2 N–H and O–H groups in total. The molecule has 0 aliphatic carbocycles. The largest absolute Gasteiger partial charge is 0.480 e. The summed E-state index contributed by atoms with van der Waals surface area (Å²) in [6.07, 6.45) is 1.02. The summed E-state index contributed by atoms with van der Waals surface area (Å²) in [5, 5.41) is 17.7. The van der Waals surface area contributed by atoms with Crippen molar-refractivity contribution in [1.29, 1.82) is 5.26 Å². The van der Waals surface area contributed by atoms with Crippen molar-refractivity contribution in [1.82, 2.24) is 9.71 Å². The van der Waals surface area contributed by atoms with Gasteiger partial charge in [0.1, 0.15) is 22.7 Å². The molecular weight excluding hydrogens is 282 g/mol. The van der Waals surface area contributed by atoms with Gasteiger partial charge in [-0.3, -0.25) is 4.79 Å². The molecule has 8 heteroatoms. The van der Waals surface area contributed by atoms with Gasteiger partial charge in [0.05, 0.1) is 0 Å². The number of carbonyl (C=O) groups is 1. The number of hydrogen-bond donors (Lipinski definition) is 2. The predicted octanol–water partition coefficient (Wildman–Crippen LogP) is 0.731. The number of carboxylic acid groups (broad SMARTS) is 1. The smallest absolute Gasteiger partial charge is 0.322 e. The van der Waals surface area contributed by atoms with Crippen LogP contribution in [0.15, 0.2) is 23.2 Å². The van der Waals surface area contributed by atoms with E-state index in [2.05, 4.69) is 9.71 Å². The predicted molar refractivity (Wildman–Crippen MR) is 70.2 cm³/mol. The summed E-state index contributed by atoms with van der Waals surface area (Å²) in [6.45, 7) is 4.85. The minimum Gasteiger partial charge on any atom is -0.480 e. The number of carboxylic acids is 1. The lowest BCUT2D eigenvalue weighted by atomic mass is 9.88. The van der Waals surface area contributed by atoms with Crippen molar-refractivity contribution in [3.05, 3.63) is 24.0 Å². The van der Waals surface area contributed by atoms with Crippen LogP contribution in [0.1, 0.15) is 26.5 Å². The van der Waals surface area contributed by atoms with Crippen LogP contribution in [0.3, 0.4) is 0 Å². The van der Waals surface area contributed by atoms with Crippen molar-refractivity contribution < 1.29 is 18.3 Å². The Morgan fingerprint density at radius 1 is 1.45 bits per heavy atom. The molecule has 0 unspecified atom stereocenters. The third kappa shape index (κ3) is 3.76. The molecule has 0 amide bonds. The first-order chi connectivity index (χ1) is 9.08. The van der Waals surface area contributed by atoms with Crippen molar-refractivity contribution in [2.75, 3.05) is 0 Å². The molecule has 0 aliphatic rings. The van der Waals surface area contributed by atoms with Gasteiger partial charge in [-0.2, -0.15) is 9.98 Å². The van der Waals surface area contributed by atoms with Crippen LogP contribution in [0.5, 0.6) is 0 Å². The lowest BCUT2D eigenvalue weighted by Gasteiger charge is -2.27. The Hall–Kier alpha value is -1.98. The standard InChI is InChI=1S/C12H15N3O4S/c1-12(2,3)10(11(16)17)15-20(18,19)9-5-4-8(6-13)14-7-9/h4-5,7,10,15H,1-3H3,(H,16,17)/t10-/m1/s1. The maximum atomic E-state index is 12.1. The first-order valence-electron chi connectivity index (χ1n) is 5.69. The van der Waals surface area contributed by atoms with E-state index in [0.717, 1.165) is 6.20 Å². The zero-order valence-electron chi connectivity index (χ0n) is 11.3. The highest BCUT2D eigenvalue weighted by atomic mass is 32.2. The van der Waals surface area contributed by atoms with Crippen LogP contribution in [-0.4, -0.2) is 30.5 Å². The Balaban J connectivity index is 3.10. The van der Waals surface area contributed by atoms with Gasteiger partial charge in [0.15, 0.2) is 0 Å². The molecule has 1 heterocycles. The molecular formula is C12H15N3O4S. The van der Waals surface area contributed by atoms with E-state index < -0.39 is 27.4 Å². The molecule has 7 nitrogen and oxygen atoms in total. The minimum atomic E-state index is -4.02. The lowest BCUT2D eigenvalue weighted by Crippen LogP contribution is -2.48. The van der Waals surface area contributed by atoms with Crippen LogP contribution in [0.2, 0.25) is 0 Å². The minimum absolute atomic E-state index is 0.0783. The molecule has 0 spiro atoms. The SMILES string of the molecule is CC(C)(C)[C@H](NS(=O)(=O)c1ccc(C#N)nc1)C(=O)O. The summed E-state index contributed by atoms with van der Waals surface area (Å²) in [5.74, 6) is -1.26. The van der Waals surface area contributed by atoms with Crippen LogP contribution < -0.4 is 4.72 Å². The van der Waals surface area contributed by atoms with Gasteiger partial charge < -0.3 is 5.11 Å². The van der Waals surface area contributed by atoms with Crippen LogP contribution in [0, 0.1) is 16.7 Å². The number of nitriles is 1. The van der Waals surface area contributed by atoms with Crippen molar-refractivity contribution in [2.24, 2.45) is 5.41 Å². The second kappa shape index (κ2) is 5.56. The number of nitrogens with zero attached hydrogens (tertiary/aromatic N) is 2. The number of hydrogen-bond acceptors (Lipinski definition) is 5. The normalized spacial score (nSPS) is 13.5. The first-order valence-corrected chi connectivity index (χ1v) is 7.17. The van der Waals surface area contributed by atoms with Gasteiger partial charge in [-0.05, 0) is 17.5 Å². The van der Waals surface area contributed by atoms with Gasteiger partial charge >= 0.3 is 5.97 Å². The molecule has 0 bridgehead atoms. The third-order valence-electron chi connectivity index (χ3n) is 2.55. The maximum absolute atomic E-state index is 12.1. The molecule has 0 aliphatic heterocycles. The number of sulfonamides is 1. The molecule has 1 atom stereocenters. The molecule has 20 heavy (non-hydrogen) atoms. The van der Waals surface area contributed by atoms with Gasteiger partial charge in [0.25, 0.3) is 0 Å². The molecule has 0 saturated heterocycles. The zero-order valence-corrected chi connectivity index (χ0v) is 12.1. The summed E-state index contributed by atoms with van der Waals surface area (Å²) >= 11 is 0. The van der Waals surface area contributed by atoms with Gasteiger partial charge in [0.2, 0.25) is 10.0 Å². The Morgan fingerprint density at radius 2 is 2.05 bits per heavy atom. The fraction of sp³-hybridized carbons (Fsp3) is 0.417. The summed E-state index contributed by atoms with van der Waals surface area (Å²) < 4.78 is 26.3. The van der Waals surface area contributed by atoms with E-state index in [1.807, 2.05) is 0 Å². The number of aromatic nitrogens is 1. The van der Waals surface area contributed by atoms with E-state index >= 15 is 0 Å². The Bertz CT molecular complexity index is 639. The Morgan fingerprint density at radius 3 is 2.40 bits per heavy atom. The zero-order chi connectivity index (χ0) is 15.6. The maximum Gasteiger partial charge on any atom is 0.322 e. The van der Waals surface area contributed by atoms with Gasteiger partial charge in [0, 0.05) is 6.20 Å². The van der Waals surface area contributed by atoms with Crippen molar-refractivity contribution in [3.8, 4) is 6.07 Å². The van der Waals surface area contributed by atoms with Gasteiger partial charge in [-0.1, -0.05) is 20.8 Å². The summed E-state index contributed by atoms with van der Waals surface area (Å²) in [5.41, 5.74) is -0.714. The van der Waals surface area contributed by atoms with E-state index in [-0.39, 0.29) is 10.6 Å². The fourth-order valence-corrected chi connectivity index (χ4v) is 2.77. The number of rotatable bonds is 4. The van der Waals surface area contributed by atoms with Crippen molar-refractivity contribution in [3.63, 3.8) is 0 Å². The summed E-state index contributed by atoms with van der Waals surface area (Å²) in [7, 11) is -4.02. The molecule has 1 rings (SSSR count). The number of pyridine rings is 1. The Kier molecular flexibility index (Phi) is 4.47. The van der Waals surface area contributed by atoms with Gasteiger partial charge in [-0.15, -0.1) is 0 Å². The van der Waals surface area contributed by atoms with Gasteiger partial charge in [-0.25, -0.2) is 13.4 Å². The second-order valence-electron chi connectivity index (χ2n) is 5.25. The average molecular weight is 297 g/mol. The average Bonchev–Trinajstić information content (AvgIpc) is 2.34. The molecule has 1 aromatic heterocycles.